The second-order valence-electron chi connectivity index (χ2n) is 4.95. The van der Waals surface area contributed by atoms with Gasteiger partial charge in [-0.15, -0.1) is 0 Å². The fourth-order valence-corrected chi connectivity index (χ4v) is 2.35. The first-order chi connectivity index (χ1) is 8.70. The van der Waals surface area contributed by atoms with Crippen molar-refractivity contribution >= 4 is 5.82 Å². The highest BCUT2D eigenvalue weighted by atomic mass is 16.3. The van der Waals surface area contributed by atoms with Gasteiger partial charge in [0, 0.05) is 32.4 Å². The van der Waals surface area contributed by atoms with E-state index in [0.717, 1.165) is 37.6 Å². The van der Waals surface area contributed by atoms with Crippen molar-refractivity contribution in [2.24, 2.45) is 0 Å². The maximum atomic E-state index is 9.46. The van der Waals surface area contributed by atoms with Crippen LogP contribution in [0.2, 0.25) is 0 Å². The first kappa shape index (κ1) is 13.3. The van der Waals surface area contributed by atoms with Crippen molar-refractivity contribution in [3.63, 3.8) is 0 Å². The number of aromatic nitrogens is 1. The van der Waals surface area contributed by atoms with Crippen molar-refractivity contribution < 1.29 is 5.11 Å². The topological polar surface area (TPSA) is 39.6 Å². The lowest BCUT2D eigenvalue weighted by molar-refractivity contribution is 0.199. The predicted octanol–water partition coefficient (Wildman–Crippen LogP) is 1.67. The van der Waals surface area contributed by atoms with E-state index in [9.17, 15) is 5.11 Å². The summed E-state index contributed by atoms with van der Waals surface area (Å²) in [5, 5.41) is 9.46. The molecular weight excluding hydrogens is 226 g/mol. The minimum atomic E-state index is -0.437. The van der Waals surface area contributed by atoms with Crippen molar-refractivity contribution in [1.82, 2.24) is 9.88 Å². The van der Waals surface area contributed by atoms with Crippen molar-refractivity contribution in [2.45, 2.75) is 26.4 Å². The van der Waals surface area contributed by atoms with Gasteiger partial charge in [-0.05, 0) is 31.5 Å². The molecule has 1 saturated heterocycles. The Hall–Kier alpha value is -1.13. The molecule has 0 saturated carbocycles. The normalized spacial score (nSPS) is 18.9. The van der Waals surface area contributed by atoms with E-state index in [-0.39, 0.29) is 0 Å². The Morgan fingerprint density at radius 1 is 1.28 bits per heavy atom. The molecule has 18 heavy (non-hydrogen) atoms. The van der Waals surface area contributed by atoms with Gasteiger partial charge in [0.15, 0.2) is 0 Å². The third kappa shape index (κ3) is 3.21. The summed E-state index contributed by atoms with van der Waals surface area (Å²) in [4.78, 5) is 9.26. The van der Waals surface area contributed by atoms with E-state index in [1.54, 1.807) is 13.1 Å². The number of anilines is 1. The largest absolute Gasteiger partial charge is 0.389 e. The summed E-state index contributed by atoms with van der Waals surface area (Å²) in [6, 6.07) is 3.98. The smallest absolute Gasteiger partial charge is 0.128 e. The molecule has 1 aromatic rings. The van der Waals surface area contributed by atoms with Crippen LogP contribution in [0.5, 0.6) is 0 Å². The van der Waals surface area contributed by atoms with E-state index in [1.165, 1.54) is 13.0 Å². The zero-order chi connectivity index (χ0) is 13.0. The quantitative estimate of drug-likeness (QED) is 0.881. The third-order valence-corrected chi connectivity index (χ3v) is 3.49. The molecule has 0 aliphatic carbocycles. The number of hydrogen-bond acceptors (Lipinski definition) is 4. The highest BCUT2D eigenvalue weighted by molar-refractivity contribution is 5.40. The number of pyridine rings is 1. The third-order valence-electron chi connectivity index (χ3n) is 3.49. The molecule has 4 heteroatoms. The second kappa shape index (κ2) is 6.16. The lowest BCUT2D eigenvalue weighted by Gasteiger charge is -2.35. The lowest BCUT2D eigenvalue weighted by Crippen LogP contribution is -2.46. The van der Waals surface area contributed by atoms with E-state index >= 15 is 0 Å². The van der Waals surface area contributed by atoms with Gasteiger partial charge in [-0.3, -0.25) is 4.90 Å². The van der Waals surface area contributed by atoms with Crippen LogP contribution in [0.25, 0.3) is 0 Å². The van der Waals surface area contributed by atoms with Crippen LogP contribution in [0.4, 0.5) is 5.82 Å². The zero-order valence-electron chi connectivity index (χ0n) is 11.3. The number of rotatable bonds is 4. The molecule has 0 aromatic carbocycles. The summed E-state index contributed by atoms with van der Waals surface area (Å²) >= 11 is 0. The molecule has 100 valence electrons. The fourth-order valence-electron chi connectivity index (χ4n) is 2.35. The van der Waals surface area contributed by atoms with E-state index in [1.807, 2.05) is 12.1 Å². The van der Waals surface area contributed by atoms with Gasteiger partial charge in [0.1, 0.15) is 5.82 Å². The molecule has 0 spiro atoms. The Morgan fingerprint density at radius 3 is 2.50 bits per heavy atom. The van der Waals surface area contributed by atoms with Gasteiger partial charge in [-0.1, -0.05) is 13.0 Å². The molecule has 2 rings (SSSR count). The Kier molecular flexibility index (Phi) is 4.55. The molecule has 0 bridgehead atoms. The summed E-state index contributed by atoms with van der Waals surface area (Å²) < 4.78 is 0. The van der Waals surface area contributed by atoms with Crippen molar-refractivity contribution in [1.29, 1.82) is 0 Å². The van der Waals surface area contributed by atoms with E-state index < -0.39 is 6.10 Å². The molecule has 1 N–H and O–H groups in total. The summed E-state index contributed by atoms with van der Waals surface area (Å²) in [5.41, 5.74) is 0.878. The van der Waals surface area contributed by atoms with Gasteiger partial charge in [-0.2, -0.15) is 0 Å². The molecule has 1 unspecified atom stereocenters. The van der Waals surface area contributed by atoms with Crippen molar-refractivity contribution in [3.8, 4) is 0 Å². The first-order valence-electron chi connectivity index (χ1n) is 6.82. The summed E-state index contributed by atoms with van der Waals surface area (Å²) in [6.07, 6.45) is 2.56. The number of piperazine rings is 1. The van der Waals surface area contributed by atoms with Gasteiger partial charge < -0.3 is 10.0 Å². The molecule has 4 nitrogen and oxygen atoms in total. The van der Waals surface area contributed by atoms with E-state index in [4.69, 9.17) is 0 Å². The van der Waals surface area contributed by atoms with Gasteiger partial charge >= 0.3 is 0 Å². The Labute approximate surface area is 109 Å². The fraction of sp³-hybridized carbons (Fsp3) is 0.643. The van der Waals surface area contributed by atoms with E-state index in [2.05, 4.69) is 21.7 Å². The highest BCUT2D eigenvalue weighted by Crippen LogP contribution is 2.17. The van der Waals surface area contributed by atoms with Crippen LogP contribution in [0.3, 0.4) is 0 Å². The molecule has 1 atom stereocenters. The van der Waals surface area contributed by atoms with E-state index in [0.29, 0.717) is 0 Å². The van der Waals surface area contributed by atoms with Crippen LogP contribution < -0.4 is 4.90 Å². The minimum absolute atomic E-state index is 0.437. The van der Waals surface area contributed by atoms with Gasteiger partial charge in [0.05, 0.1) is 6.10 Å². The zero-order valence-corrected chi connectivity index (χ0v) is 11.3. The summed E-state index contributed by atoms with van der Waals surface area (Å²) in [7, 11) is 0. The molecule has 2 heterocycles. The van der Waals surface area contributed by atoms with Crippen LogP contribution in [0.15, 0.2) is 18.3 Å². The molecule has 0 radical (unpaired) electrons. The Bertz CT molecular complexity index is 356. The van der Waals surface area contributed by atoms with Gasteiger partial charge in [-0.25, -0.2) is 4.98 Å². The molecule has 1 aromatic heterocycles. The number of aliphatic hydroxyl groups excluding tert-OH is 1. The monoisotopic (exact) mass is 249 g/mol. The highest BCUT2D eigenvalue weighted by Gasteiger charge is 2.17. The number of hydrogen-bond donors (Lipinski definition) is 1. The maximum absolute atomic E-state index is 9.46. The average Bonchev–Trinajstić information content (AvgIpc) is 2.40. The minimum Gasteiger partial charge on any atom is -0.389 e. The van der Waals surface area contributed by atoms with Crippen LogP contribution in [-0.2, 0) is 0 Å². The van der Waals surface area contributed by atoms with Gasteiger partial charge in [0.2, 0.25) is 0 Å². The van der Waals surface area contributed by atoms with Crippen LogP contribution >= 0.6 is 0 Å². The standard InChI is InChI=1S/C14H23N3O/c1-3-6-16-7-9-17(10-8-16)14-5-4-13(11-15-14)12(2)18/h4-5,11-12,18H,3,6-10H2,1-2H3. The molecule has 1 aliphatic heterocycles. The average molecular weight is 249 g/mol. The van der Waals surface area contributed by atoms with Crippen molar-refractivity contribution in [3.05, 3.63) is 23.9 Å². The SMILES string of the molecule is CCCN1CCN(c2ccc(C(C)O)cn2)CC1. The van der Waals surface area contributed by atoms with Gasteiger partial charge in [0.25, 0.3) is 0 Å². The second-order valence-corrected chi connectivity index (χ2v) is 4.95. The molecule has 0 amide bonds. The lowest BCUT2D eigenvalue weighted by atomic mass is 10.2. The van der Waals surface area contributed by atoms with Crippen molar-refractivity contribution in [2.75, 3.05) is 37.6 Å². The Morgan fingerprint density at radius 2 is 2.00 bits per heavy atom. The maximum Gasteiger partial charge on any atom is 0.128 e. The first-order valence-corrected chi connectivity index (χ1v) is 6.82. The summed E-state index contributed by atoms with van der Waals surface area (Å²) in [5.74, 6) is 1.02. The van der Waals surface area contributed by atoms with Crippen LogP contribution in [0.1, 0.15) is 31.9 Å². The molecular formula is C14H23N3O. The van der Waals surface area contributed by atoms with Crippen LogP contribution in [0, 0.1) is 0 Å². The number of aliphatic hydroxyl groups is 1. The molecule has 1 fully saturated rings. The predicted molar refractivity (Wildman–Crippen MR) is 73.8 cm³/mol. The Balaban J connectivity index is 1.93. The summed E-state index contributed by atoms with van der Waals surface area (Å²) in [6.45, 7) is 9.51. The number of nitrogens with zero attached hydrogens (tertiary/aromatic N) is 3. The van der Waals surface area contributed by atoms with Crippen LogP contribution in [-0.4, -0.2) is 47.7 Å². The molecule has 1 aliphatic rings.